The lowest BCUT2D eigenvalue weighted by Crippen LogP contribution is -2.48. The molecule has 0 saturated carbocycles. The van der Waals surface area contributed by atoms with Crippen molar-refractivity contribution in [2.75, 3.05) is 0 Å². The summed E-state index contributed by atoms with van der Waals surface area (Å²) in [5.74, 6) is 0. The summed E-state index contributed by atoms with van der Waals surface area (Å²) in [6.45, 7) is 9.79. The summed E-state index contributed by atoms with van der Waals surface area (Å²) in [4.78, 5) is 0. The first-order chi connectivity index (χ1) is 4.78. The number of hydroxylamine groups is 2. The SMILES string of the molecule is CC1NC(C)(C)N([O])C1(C)C. The Kier molecular flexibility index (Phi) is 1.78. The average molecular weight is 157 g/mol. The zero-order valence-electron chi connectivity index (χ0n) is 7.93. The van der Waals surface area contributed by atoms with Gasteiger partial charge in [0.1, 0.15) is 0 Å². The van der Waals surface area contributed by atoms with Gasteiger partial charge in [0.2, 0.25) is 0 Å². The number of nitrogens with zero attached hydrogens (tertiary/aromatic N) is 1. The molecule has 1 rings (SSSR count). The van der Waals surface area contributed by atoms with E-state index in [9.17, 15) is 5.21 Å². The van der Waals surface area contributed by atoms with Crippen LogP contribution in [0.3, 0.4) is 0 Å². The van der Waals surface area contributed by atoms with Gasteiger partial charge in [0, 0.05) is 6.04 Å². The summed E-state index contributed by atoms with van der Waals surface area (Å²) in [6.07, 6.45) is 0. The first kappa shape index (κ1) is 8.97. The van der Waals surface area contributed by atoms with Crippen molar-refractivity contribution in [1.29, 1.82) is 0 Å². The molecule has 0 spiro atoms. The van der Waals surface area contributed by atoms with E-state index in [-0.39, 0.29) is 11.6 Å². The smallest absolute Gasteiger partial charge is 0.0936 e. The molecule has 1 aliphatic rings. The molecule has 1 aliphatic heterocycles. The molecule has 3 heteroatoms. The maximum Gasteiger partial charge on any atom is 0.0936 e. The number of hydrogen-bond donors (Lipinski definition) is 1. The van der Waals surface area contributed by atoms with Gasteiger partial charge in [0.15, 0.2) is 0 Å². The van der Waals surface area contributed by atoms with Crippen LogP contribution in [0.4, 0.5) is 0 Å². The molecule has 0 aromatic heterocycles. The maximum atomic E-state index is 11.6. The van der Waals surface area contributed by atoms with E-state index in [4.69, 9.17) is 0 Å². The zero-order chi connectivity index (χ0) is 8.86. The lowest BCUT2D eigenvalue weighted by atomic mass is 9.98. The summed E-state index contributed by atoms with van der Waals surface area (Å²) in [5.41, 5.74) is -0.702. The minimum absolute atomic E-state index is 0.245. The highest BCUT2D eigenvalue weighted by molar-refractivity contribution is 5.01. The third-order valence-corrected chi connectivity index (χ3v) is 2.66. The Labute approximate surface area is 68.3 Å². The van der Waals surface area contributed by atoms with Crippen molar-refractivity contribution in [1.82, 2.24) is 10.4 Å². The van der Waals surface area contributed by atoms with E-state index in [0.29, 0.717) is 0 Å². The largest absolute Gasteiger partial charge is 0.293 e. The molecule has 1 fully saturated rings. The van der Waals surface area contributed by atoms with Crippen LogP contribution in [0.1, 0.15) is 34.6 Å². The van der Waals surface area contributed by atoms with E-state index < -0.39 is 5.66 Å². The predicted molar refractivity (Wildman–Crippen MR) is 43.3 cm³/mol. The van der Waals surface area contributed by atoms with E-state index >= 15 is 0 Å². The van der Waals surface area contributed by atoms with Gasteiger partial charge in [-0.05, 0) is 34.6 Å². The molecule has 1 unspecified atom stereocenters. The number of nitrogens with one attached hydrogen (secondary N) is 1. The summed E-state index contributed by atoms with van der Waals surface area (Å²) >= 11 is 0. The molecule has 11 heavy (non-hydrogen) atoms. The highest BCUT2D eigenvalue weighted by Gasteiger charge is 2.49. The number of rotatable bonds is 0. The maximum absolute atomic E-state index is 11.6. The molecule has 1 heterocycles. The molecule has 1 radical (unpaired) electrons. The van der Waals surface area contributed by atoms with Gasteiger partial charge < -0.3 is 0 Å². The molecule has 1 atom stereocenters. The number of hydrogen-bond acceptors (Lipinski definition) is 2. The molecule has 0 bridgehead atoms. The van der Waals surface area contributed by atoms with Crippen molar-refractivity contribution >= 4 is 0 Å². The topological polar surface area (TPSA) is 35.2 Å². The van der Waals surface area contributed by atoms with Gasteiger partial charge >= 0.3 is 0 Å². The predicted octanol–water partition coefficient (Wildman–Crippen LogP) is 1.14. The Morgan fingerprint density at radius 2 is 1.73 bits per heavy atom. The first-order valence-electron chi connectivity index (χ1n) is 4.03. The second-order valence-electron chi connectivity index (χ2n) is 4.37. The third kappa shape index (κ3) is 1.17. The minimum Gasteiger partial charge on any atom is -0.293 e. The van der Waals surface area contributed by atoms with Crippen molar-refractivity contribution in [2.24, 2.45) is 0 Å². The lowest BCUT2D eigenvalue weighted by molar-refractivity contribution is -0.247. The molecule has 0 aromatic carbocycles. The van der Waals surface area contributed by atoms with E-state index in [2.05, 4.69) is 5.32 Å². The summed E-state index contributed by atoms with van der Waals surface area (Å²) in [7, 11) is 0. The highest BCUT2D eigenvalue weighted by atomic mass is 16.5. The average Bonchev–Trinajstić information content (AvgIpc) is 1.94. The van der Waals surface area contributed by atoms with Gasteiger partial charge in [-0.15, -0.1) is 10.3 Å². The van der Waals surface area contributed by atoms with Gasteiger partial charge in [0.05, 0.1) is 11.2 Å². The van der Waals surface area contributed by atoms with Crippen molar-refractivity contribution in [2.45, 2.75) is 51.9 Å². The van der Waals surface area contributed by atoms with Crippen LogP contribution in [0.25, 0.3) is 0 Å². The summed E-state index contributed by atoms with van der Waals surface area (Å²) < 4.78 is 0. The van der Waals surface area contributed by atoms with Crippen LogP contribution in [-0.2, 0) is 5.21 Å². The van der Waals surface area contributed by atoms with Crippen LogP contribution in [-0.4, -0.2) is 22.3 Å². The molecule has 1 N–H and O–H groups in total. The standard InChI is InChI=1S/C8H17N2O/c1-6-7(2,3)10(11)8(4,5)9-6/h6,9H,1-5H3. The fourth-order valence-corrected chi connectivity index (χ4v) is 1.66. The minimum atomic E-state index is -0.414. The summed E-state index contributed by atoms with van der Waals surface area (Å²) in [5, 5.41) is 16.0. The van der Waals surface area contributed by atoms with Gasteiger partial charge in [-0.1, -0.05) is 0 Å². The lowest BCUT2D eigenvalue weighted by Gasteiger charge is -2.31. The van der Waals surface area contributed by atoms with E-state index in [0.717, 1.165) is 5.06 Å². The molecule has 0 aliphatic carbocycles. The molecule has 0 aromatic rings. The molecular formula is C8H17N2O. The zero-order valence-corrected chi connectivity index (χ0v) is 7.93. The van der Waals surface area contributed by atoms with E-state index in [1.807, 2.05) is 34.6 Å². The quantitative estimate of drug-likeness (QED) is 0.572. The Morgan fingerprint density at radius 3 is 1.82 bits per heavy atom. The van der Waals surface area contributed by atoms with Crippen LogP contribution in [0, 0.1) is 0 Å². The van der Waals surface area contributed by atoms with Crippen LogP contribution in [0.15, 0.2) is 0 Å². The molecule has 3 nitrogen and oxygen atoms in total. The van der Waals surface area contributed by atoms with Crippen LogP contribution < -0.4 is 5.32 Å². The Hall–Kier alpha value is -0.120. The third-order valence-electron chi connectivity index (χ3n) is 2.66. The second-order valence-corrected chi connectivity index (χ2v) is 4.37. The Morgan fingerprint density at radius 1 is 1.27 bits per heavy atom. The molecular weight excluding hydrogens is 140 g/mol. The fraction of sp³-hybridized carbons (Fsp3) is 1.00. The van der Waals surface area contributed by atoms with Crippen LogP contribution in [0.2, 0.25) is 0 Å². The second kappa shape index (κ2) is 2.19. The summed E-state index contributed by atoms with van der Waals surface area (Å²) in [6, 6.07) is 0.245. The normalized spacial score (nSPS) is 36.0. The van der Waals surface area contributed by atoms with E-state index in [1.165, 1.54) is 0 Å². The first-order valence-corrected chi connectivity index (χ1v) is 4.03. The van der Waals surface area contributed by atoms with Crippen molar-refractivity contribution < 1.29 is 5.21 Å². The fourth-order valence-electron chi connectivity index (χ4n) is 1.66. The van der Waals surface area contributed by atoms with Gasteiger partial charge in [0.25, 0.3) is 0 Å². The van der Waals surface area contributed by atoms with E-state index in [1.54, 1.807) is 0 Å². The van der Waals surface area contributed by atoms with Crippen LogP contribution in [0.5, 0.6) is 0 Å². The Bertz CT molecular complexity index is 165. The monoisotopic (exact) mass is 157 g/mol. The van der Waals surface area contributed by atoms with Crippen molar-refractivity contribution in [3.63, 3.8) is 0 Å². The van der Waals surface area contributed by atoms with Crippen molar-refractivity contribution in [3.05, 3.63) is 0 Å². The molecule has 0 amide bonds. The Balaban J connectivity index is 2.89. The van der Waals surface area contributed by atoms with Gasteiger partial charge in [-0.25, -0.2) is 0 Å². The molecule has 65 valence electrons. The van der Waals surface area contributed by atoms with Crippen molar-refractivity contribution in [3.8, 4) is 0 Å². The highest BCUT2D eigenvalue weighted by Crippen LogP contribution is 2.31. The molecule has 1 saturated heterocycles. The van der Waals surface area contributed by atoms with Crippen LogP contribution >= 0.6 is 0 Å². The van der Waals surface area contributed by atoms with Gasteiger partial charge in [-0.2, -0.15) is 0 Å². The van der Waals surface area contributed by atoms with Gasteiger partial charge in [-0.3, -0.25) is 5.32 Å².